The van der Waals surface area contributed by atoms with Crippen molar-refractivity contribution in [2.45, 2.75) is 0 Å². The number of hydrogen-bond donors (Lipinski definition) is 3. The lowest BCUT2D eigenvalue weighted by Crippen LogP contribution is -1.72. The summed E-state index contributed by atoms with van der Waals surface area (Å²) >= 11 is 0. The first-order valence-electron chi connectivity index (χ1n) is 0.872. The third-order valence-electron chi connectivity index (χ3n) is 0. The van der Waals surface area contributed by atoms with Gasteiger partial charge in [0.25, 0.3) is 0 Å². The Bertz CT molecular complexity index is 11.7. The summed E-state index contributed by atoms with van der Waals surface area (Å²) in [5, 5.41) is 13.5. The maximum Gasteiger partial charge on any atom is 1.00 e. The molecule has 0 radical (unpaired) electrons. The van der Waals surface area contributed by atoms with Crippen LogP contribution in [0.3, 0.4) is 0 Å². The van der Waals surface area contributed by atoms with Crippen molar-refractivity contribution in [3.8, 4) is 0 Å². The van der Waals surface area contributed by atoms with Gasteiger partial charge < -0.3 is 10.3 Å². The van der Waals surface area contributed by atoms with Gasteiger partial charge >= 0.3 is 1.43 Å². The molecule has 40 valence electrons. The average molecular weight is 98.1 g/mol. The van der Waals surface area contributed by atoms with Crippen LogP contribution in [0, 0.1) is 9.93 Å². The molecule has 0 fully saturated rings. The van der Waals surface area contributed by atoms with Crippen molar-refractivity contribution in [3.63, 3.8) is 0 Å². The van der Waals surface area contributed by atoms with Crippen LogP contribution >= 0.6 is 0 Å². The number of aliphatic hydroxyl groups excluding tert-OH is 1. The minimum Gasteiger partial charge on any atom is -0.400 e. The third kappa shape index (κ3) is 79.2. The maximum absolute atomic E-state index is 7.00. The van der Waals surface area contributed by atoms with Crippen molar-refractivity contribution in [2.75, 3.05) is 7.11 Å². The summed E-state index contributed by atoms with van der Waals surface area (Å²) in [6.45, 7) is 0. The first-order chi connectivity index (χ1) is 3.00. The summed E-state index contributed by atoms with van der Waals surface area (Å²) in [5.74, 6) is 3.50. The molecule has 6 heavy (non-hydrogen) atoms. The van der Waals surface area contributed by atoms with Gasteiger partial charge in [-0.25, -0.2) is 5.90 Å². The Morgan fingerprint density at radius 3 is 1.33 bits per heavy atom. The molecule has 4 N–H and O–H groups in total. The van der Waals surface area contributed by atoms with Crippen LogP contribution in [0.5, 0.6) is 0 Å². The second-order valence-electron chi connectivity index (χ2n) is 0. The third-order valence-corrected chi connectivity index (χ3v) is 0. The highest BCUT2D eigenvalue weighted by atomic mass is 16.7. The maximum atomic E-state index is 7.00. The topological polar surface area (TPSA) is 101 Å². The van der Waals surface area contributed by atoms with Crippen LogP contribution in [-0.2, 0) is 0 Å². The van der Waals surface area contributed by atoms with E-state index in [4.69, 9.17) is 20.2 Å². The minimum absolute atomic E-state index is 0. The lowest BCUT2D eigenvalue weighted by atomic mass is 11.8. The fourth-order valence-electron chi connectivity index (χ4n) is 0. The van der Waals surface area contributed by atoms with Crippen molar-refractivity contribution >= 4 is 0 Å². The molecule has 0 aliphatic carbocycles. The monoisotopic (exact) mass is 98.0 g/mol. The molecule has 0 aliphatic heterocycles. The van der Waals surface area contributed by atoms with Crippen LogP contribution in [-0.4, -0.2) is 17.4 Å². The number of nitrogens with two attached hydrogens (primary N) is 1. The van der Waals surface area contributed by atoms with Crippen molar-refractivity contribution < 1.29 is 11.7 Å². The second kappa shape index (κ2) is 201. The van der Waals surface area contributed by atoms with Gasteiger partial charge in [0.05, 0.1) is 0 Å². The number of rotatable bonds is 0. The molecule has 0 spiro atoms. The zero-order valence-corrected chi connectivity index (χ0v) is 3.29. The standard InChI is InChI=1S/CH4O.H3NO.O2/c3*1-2/h2H,1H3;2H,1H2;/p+1. The molecule has 0 aromatic carbocycles. The Morgan fingerprint density at radius 2 is 1.33 bits per heavy atom. The van der Waals surface area contributed by atoms with Crippen molar-refractivity contribution in [2.24, 2.45) is 5.90 Å². The molecule has 0 aliphatic rings. The van der Waals surface area contributed by atoms with Gasteiger partial charge in [0.1, 0.15) is 0 Å². The molecule has 0 rings (SSSR count). The lowest BCUT2D eigenvalue weighted by Gasteiger charge is -1.27. The van der Waals surface area contributed by atoms with E-state index >= 15 is 0 Å². The molecule has 0 unspecified atom stereocenters. The van der Waals surface area contributed by atoms with E-state index in [-0.39, 0.29) is 1.43 Å². The highest BCUT2D eigenvalue weighted by molar-refractivity contribution is 4.07. The van der Waals surface area contributed by atoms with E-state index < -0.39 is 0 Å². The first kappa shape index (κ1) is 17.9. The Kier molecular flexibility index (Phi) is 598. The van der Waals surface area contributed by atoms with Gasteiger partial charge in [-0.3, -0.25) is 0 Å². The Morgan fingerprint density at radius 1 is 1.33 bits per heavy atom. The molecule has 0 aromatic heterocycles. The summed E-state index contributed by atoms with van der Waals surface area (Å²) in [7, 11) is 1.00. The Labute approximate surface area is 36.1 Å². The van der Waals surface area contributed by atoms with Crippen molar-refractivity contribution in [1.82, 2.24) is 0 Å². The highest BCUT2D eigenvalue weighted by Crippen LogP contribution is 0.755. The van der Waals surface area contributed by atoms with Crippen LogP contribution < -0.4 is 5.90 Å². The minimum atomic E-state index is 0. The average Bonchev–Trinajstić information content (AvgIpc) is 1.81. The van der Waals surface area contributed by atoms with E-state index in [9.17, 15) is 0 Å². The SMILES string of the molecule is CO.NO.O=O.[H+]. The van der Waals surface area contributed by atoms with Crippen molar-refractivity contribution in [3.05, 3.63) is 9.93 Å². The predicted molar refractivity (Wildman–Crippen MR) is 22.0 cm³/mol. The van der Waals surface area contributed by atoms with E-state index in [1.165, 1.54) is 0 Å². The molecule has 0 atom stereocenters. The summed E-state index contributed by atoms with van der Waals surface area (Å²) in [6, 6.07) is 0. The van der Waals surface area contributed by atoms with Gasteiger partial charge in [0.2, 0.25) is 0 Å². The highest BCUT2D eigenvalue weighted by Gasteiger charge is 0.839. The van der Waals surface area contributed by atoms with E-state index in [0.717, 1.165) is 7.11 Å². The van der Waals surface area contributed by atoms with Crippen molar-refractivity contribution in [1.29, 1.82) is 0 Å². The van der Waals surface area contributed by atoms with Gasteiger partial charge in [-0.2, -0.15) is 0 Å². The summed E-state index contributed by atoms with van der Waals surface area (Å²) in [4.78, 5) is 14.0. The van der Waals surface area contributed by atoms with Crippen LogP contribution in [0.4, 0.5) is 0 Å². The molecular formula is CH8NO4+. The Balaban J connectivity index is -0.00000000900. The van der Waals surface area contributed by atoms with Gasteiger partial charge in [0, 0.05) is 17.0 Å². The molecule has 0 amide bonds. The van der Waals surface area contributed by atoms with Gasteiger partial charge in [-0.1, -0.05) is 0 Å². The van der Waals surface area contributed by atoms with E-state index in [1.54, 1.807) is 0 Å². The largest absolute Gasteiger partial charge is 1.00 e. The van der Waals surface area contributed by atoms with E-state index in [2.05, 4.69) is 5.90 Å². The van der Waals surface area contributed by atoms with Gasteiger partial charge in [0.15, 0.2) is 0 Å². The lowest BCUT2D eigenvalue weighted by molar-refractivity contribution is 0.311. The molecule has 0 aromatic rings. The van der Waals surface area contributed by atoms with Crippen LogP contribution in [0.25, 0.3) is 0 Å². The Hall–Kier alpha value is -0.520. The number of aliphatic hydroxyl groups is 1. The second-order valence-corrected chi connectivity index (χ2v) is 0. The molecule has 5 nitrogen and oxygen atoms in total. The summed E-state index contributed by atoms with van der Waals surface area (Å²) in [5.41, 5.74) is 0. The quantitative estimate of drug-likeness (QED) is 0.341. The summed E-state index contributed by atoms with van der Waals surface area (Å²) in [6.07, 6.45) is 0. The van der Waals surface area contributed by atoms with Crippen LogP contribution in [0.2, 0.25) is 0 Å². The van der Waals surface area contributed by atoms with Gasteiger partial charge in [-0.05, 0) is 0 Å². The van der Waals surface area contributed by atoms with E-state index in [0.29, 0.717) is 0 Å². The fraction of sp³-hybridized carbons (Fsp3) is 1.00. The molecule has 0 saturated carbocycles. The number of hydrogen-bond acceptors (Lipinski definition) is 5. The molecule has 0 saturated heterocycles. The molecule has 0 heterocycles. The zero-order valence-electron chi connectivity index (χ0n) is 4.29. The zero-order chi connectivity index (χ0) is 6.00. The summed E-state index contributed by atoms with van der Waals surface area (Å²) < 4.78 is 0. The smallest absolute Gasteiger partial charge is 0.400 e. The van der Waals surface area contributed by atoms with Gasteiger partial charge in [-0.15, -0.1) is 0 Å². The van der Waals surface area contributed by atoms with Crippen LogP contribution in [0.15, 0.2) is 0 Å². The normalized spacial score (nSPS) is 2.67. The fourth-order valence-corrected chi connectivity index (χ4v) is 0. The van der Waals surface area contributed by atoms with E-state index in [1.807, 2.05) is 0 Å². The molecule has 5 heteroatoms. The van der Waals surface area contributed by atoms with Crippen LogP contribution in [0.1, 0.15) is 1.43 Å². The first-order valence-corrected chi connectivity index (χ1v) is 0.872. The molecule has 0 bridgehead atoms. The predicted octanol–water partition coefficient (Wildman–Crippen LogP) is -0.878. The molecular weight excluding hydrogens is 90.0 g/mol.